The number of nitrogens with zero attached hydrogens (tertiary/aromatic N) is 1. The number of likely N-dealkylation sites (tertiary alicyclic amines) is 1. The van der Waals surface area contributed by atoms with Crippen molar-refractivity contribution in [3.05, 3.63) is 63.9 Å². The van der Waals surface area contributed by atoms with Crippen LogP contribution in [-0.2, 0) is 4.79 Å². The van der Waals surface area contributed by atoms with Crippen molar-refractivity contribution >= 4 is 33.4 Å². The summed E-state index contributed by atoms with van der Waals surface area (Å²) < 4.78 is 14.1. The predicted octanol–water partition coefficient (Wildman–Crippen LogP) is 4.39. The van der Waals surface area contributed by atoms with Crippen molar-refractivity contribution in [2.45, 2.75) is 19.8 Å². The zero-order valence-electron chi connectivity index (χ0n) is 14.5. The van der Waals surface area contributed by atoms with E-state index in [1.807, 2.05) is 12.1 Å². The molecule has 1 heterocycles. The fourth-order valence-electron chi connectivity index (χ4n) is 3.12. The number of carbonyl (C=O) groups is 2. The number of aryl methyl sites for hydroxylation is 1. The maximum absolute atomic E-state index is 13.2. The minimum Gasteiger partial charge on any atom is -0.339 e. The van der Waals surface area contributed by atoms with Crippen LogP contribution in [0, 0.1) is 18.7 Å². The molecule has 0 spiro atoms. The summed E-state index contributed by atoms with van der Waals surface area (Å²) in [6.07, 6.45) is 1.24. The number of hydrogen-bond acceptors (Lipinski definition) is 2. The van der Waals surface area contributed by atoms with Crippen molar-refractivity contribution in [1.29, 1.82) is 0 Å². The maximum atomic E-state index is 13.2. The average molecular weight is 419 g/mol. The summed E-state index contributed by atoms with van der Waals surface area (Å²) in [4.78, 5) is 26.8. The third-order valence-corrected chi connectivity index (χ3v) is 5.22. The summed E-state index contributed by atoms with van der Waals surface area (Å²) in [5.74, 6) is -0.546. The van der Waals surface area contributed by atoms with Crippen LogP contribution in [0.25, 0.3) is 0 Å². The highest BCUT2D eigenvalue weighted by Gasteiger charge is 2.28. The molecule has 0 aliphatic carbocycles. The van der Waals surface area contributed by atoms with Crippen molar-refractivity contribution in [2.24, 2.45) is 5.92 Å². The van der Waals surface area contributed by atoms with Crippen molar-refractivity contribution < 1.29 is 14.0 Å². The third kappa shape index (κ3) is 4.30. The van der Waals surface area contributed by atoms with E-state index in [-0.39, 0.29) is 23.5 Å². The van der Waals surface area contributed by atoms with Gasteiger partial charge in [-0.3, -0.25) is 9.59 Å². The number of anilines is 1. The Hall–Kier alpha value is -2.21. The van der Waals surface area contributed by atoms with Gasteiger partial charge < -0.3 is 10.2 Å². The number of rotatable bonds is 3. The fraction of sp³-hybridized carbons (Fsp3) is 0.300. The first kappa shape index (κ1) is 18.6. The van der Waals surface area contributed by atoms with Gasteiger partial charge in [-0.1, -0.05) is 15.9 Å². The van der Waals surface area contributed by atoms with Gasteiger partial charge in [0.15, 0.2) is 0 Å². The van der Waals surface area contributed by atoms with Crippen LogP contribution in [0.15, 0.2) is 46.9 Å². The molecule has 0 aromatic heterocycles. The Morgan fingerprint density at radius 3 is 2.38 bits per heavy atom. The normalized spacial score (nSPS) is 15.0. The first-order valence-electron chi connectivity index (χ1n) is 8.56. The molecule has 136 valence electrons. The monoisotopic (exact) mass is 418 g/mol. The van der Waals surface area contributed by atoms with Gasteiger partial charge in [0.2, 0.25) is 5.91 Å². The van der Waals surface area contributed by atoms with Gasteiger partial charge in [-0.15, -0.1) is 0 Å². The van der Waals surface area contributed by atoms with E-state index in [1.165, 1.54) is 12.1 Å². The largest absolute Gasteiger partial charge is 0.339 e. The van der Waals surface area contributed by atoms with E-state index in [4.69, 9.17) is 0 Å². The fourth-order valence-corrected chi connectivity index (χ4v) is 3.39. The zero-order valence-corrected chi connectivity index (χ0v) is 16.1. The molecule has 2 amide bonds. The first-order chi connectivity index (χ1) is 12.4. The zero-order chi connectivity index (χ0) is 18.7. The number of hydrogen-bond donors (Lipinski definition) is 1. The summed E-state index contributed by atoms with van der Waals surface area (Å²) in [5.41, 5.74) is 1.98. The van der Waals surface area contributed by atoms with Gasteiger partial charge in [0.25, 0.3) is 5.91 Å². The standard InChI is InChI=1S/C20H20BrFN2O2/c1-13-12-17(22)6-7-18(13)23-19(25)14-8-10-24(11-9-14)20(26)15-2-4-16(21)5-3-15/h2-7,12,14H,8-11H2,1H3,(H,23,25). The van der Waals surface area contributed by atoms with Gasteiger partial charge in [-0.25, -0.2) is 4.39 Å². The van der Waals surface area contributed by atoms with Crippen LogP contribution >= 0.6 is 15.9 Å². The molecule has 0 atom stereocenters. The smallest absolute Gasteiger partial charge is 0.253 e. The SMILES string of the molecule is Cc1cc(F)ccc1NC(=O)C1CCN(C(=O)c2ccc(Br)cc2)CC1. The Bertz CT molecular complexity index is 815. The lowest BCUT2D eigenvalue weighted by molar-refractivity contribution is -0.121. The van der Waals surface area contributed by atoms with Gasteiger partial charge in [0.05, 0.1) is 0 Å². The van der Waals surface area contributed by atoms with Crippen LogP contribution in [0.5, 0.6) is 0 Å². The number of amides is 2. The van der Waals surface area contributed by atoms with Crippen molar-refractivity contribution in [3.8, 4) is 0 Å². The molecule has 0 bridgehead atoms. The van der Waals surface area contributed by atoms with E-state index in [9.17, 15) is 14.0 Å². The Kier molecular flexibility index (Phi) is 5.71. The quantitative estimate of drug-likeness (QED) is 0.803. The summed E-state index contributed by atoms with van der Waals surface area (Å²) in [6, 6.07) is 11.6. The Balaban J connectivity index is 1.56. The molecule has 1 saturated heterocycles. The molecule has 0 saturated carbocycles. The van der Waals surface area contributed by atoms with Crippen LogP contribution in [0.2, 0.25) is 0 Å². The Labute approximate surface area is 160 Å². The van der Waals surface area contributed by atoms with Crippen LogP contribution < -0.4 is 5.32 Å². The minimum atomic E-state index is -0.319. The number of nitrogens with one attached hydrogen (secondary N) is 1. The van der Waals surface area contributed by atoms with E-state index < -0.39 is 0 Å². The van der Waals surface area contributed by atoms with Crippen LogP contribution in [-0.4, -0.2) is 29.8 Å². The molecule has 0 unspecified atom stereocenters. The molecular formula is C20H20BrFN2O2. The molecule has 26 heavy (non-hydrogen) atoms. The lowest BCUT2D eigenvalue weighted by atomic mass is 9.95. The maximum Gasteiger partial charge on any atom is 0.253 e. The van der Waals surface area contributed by atoms with Crippen LogP contribution in [0.3, 0.4) is 0 Å². The van der Waals surface area contributed by atoms with Gasteiger partial charge in [-0.2, -0.15) is 0 Å². The topological polar surface area (TPSA) is 49.4 Å². The first-order valence-corrected chi connectivity index (χ1v) is 9.35. The molecule has 3 rings (SSSR count). The number of halogens is 2. The number of piperidine rings is 1. The lowest BCUT2D eigenvalue weighted by Gasteiger charge is -2.31. The molecular weight excluding hydrogens is 399 g/mol. The minimum absolute atomic E-state index is 0.00858. The molecule has 1 fully saturated rings. The van der Waals surface area contributed by atoms with Gasteiger partial charge in [0.1, 0.15) is 5.82 Å². The number of carbonyl (C=O) groups excluding carboxylic acids is 2. The molecule has 0 radical (unpaired) electrons. The average Bonchev–Trinajstić information content (AvgIpc) is 2.64. The molecule has 2 aromatic carbocycles. The van der Waals surface area contributed by atoms with Gasteiger partial charge >= 0.3 is 0 Å². The highest BCUT2D eigenvalue weighted by molar-refractivity contribution is 9.10. The summed E-state index contributed by atoms with van der Waals surface area (Å²) in [7, 11) is 0. The van der Waals surface area contributed by atoms with Crippen molar-refractivity contribution in [1.82, 2.24) is 4.90 Å². The Morgan fingerprint density at radius 1 is 1.12 bits per heavy atom. The second-order valence-corrected chi connectivity index (χ2v) is 7.44. The van der Waals surface area contributed by atoms with Crippen molar-refractivity contribution in [2.75, 3.05) is 18.4 Å². The molecule has 2 aromatic rings. The molecule has 1 aliphatic heterocycles. The predicted molar refractivity (Wildman–Crippen MR) is 103 cm³/mol. The second kappa shape index (κ2) is 7.99. The summed E-state index contributed by atoms with van der Waals surface area (Å²) in [5, 5.41) is 2.87. The summed E-state index contributed by atoms with van der Waals surface area (Å²) in [6.45, 7) is 2.86. The highest BCUT2D eigenvalue weighted by atomic mass is 79.9. The van der Waals surface area contributed by atoms with E-state index in [0.29, 0.717) is 42.7 Å². The molecule has 6 heteroatoms. The highest BCUT2D eigenvalue weighted by Crippen LogP contribution is 2.23. The summed E-state index contributed by atoms with van der Waals surface area (Å²) >= 11 is 3.36. The lowest BCUT2D eigenvalue weighted by Crippen LogP contribution is -2.41. The van der Waals surface area contributed by atoms with Crippen LogP contribution in [0.1, 0.15) is 28.8 Å². The van der Waals surface area contributed by atoms with Crippen molar-refractivity contribution in [3.63, 3.8) is 0 Å². The van der Waals surface area contributed by atoms with Crippen LogP contribution in [0.4, 0.5) is 10.1 Å². The molecule has 1 N–H and O–H groups in total. The van der Waals surface area contributed by atoms with E-state index >= 15 is 0 Å². The number of benzene rings is 2. The van der Waals surface area contributed by atoms with E-state index in [1.54, 1.807) is 30.0 Å². The van der Waals surface area contributed by atoms with E-state index in [0.717, 1.165) is 4.47 Å². The van der Waals surface area contributed by atoms with Gasteiger partial charge in [0, 0.05) is 34.7 Å². The second-order valence-electron chi connectivity index (χ2n) is 6.52. The van der Waals surface area contributed by atoms with Gasteiger partial charge in [-0.05, 0) is 67.8 Å². The van der Waals surface area contributed by atoms with E-state index in [2.05, 4.69) is 21.2 Å². The molecule has 4 nitrogen and oxygen atoms in total. The Morgan fingerprint density at radius 2 is 1.77 bits per heavy atom. The molecule has 1 aliphatic rings. The third-order valence-electron chi connectivity index (χ3n) is 4.69.